The topological polar surface area (TPSA) is 103 Å². The summed E-state index contributed by atoms with van der Waals surface area (Å²) in [6.07, 6.45) is 4.68. The monoisotopic (exact) mass is 502 g/mol. The minimum Gasteiger partial charge on any atom is -0.481 e. The Morgan fingerprint density at radius 2 is 2.09 bits per heavy atom. The third-order valence-electron chi connectivity index (χ3n) is 5.08. The summed E-state index contributed by atoms with van der Waals surface area (Å²) in [4.78, 5) is 36.0. The Balaban J connectivity index is 0.000000219. The molecule has 3 aromatic heterocycles. The van der Waals surface area contributed by atoms with Crippen LogP contribution in [-0.2, 0) is 9.53 Å². The summed E-state index contributed by atoms with van der Waals surface area (Å²) in [5.41, 5.74) is 1.41. The van der Waals surface area contributed by atoms with E-state index in [1.807, 2.05) is 37.6 Å². The van der Waals surface area contributed by atoms with Crippen LogP contribution >= 0.6 is 23.1 Å². The molecule has 1 N–H and O–H groups in total. The summed E-state index contributed by atoms with van der Waals surface area (Å²) in [6, 6.07) is 8.20. The number of ether oxygens (including phenoxy) is 2. The van der Waals surface area contributed by atoms with Gasteiger partial charge in [0.05, 0.1) is 29.9 Å². The Kier molecular flexibility index (Phi) is 10.4. The van der Waals surface area contributed by atoms with Crippen LogP contribution in [0, 0.1) is 12.8 Å². The van der Waals surface area contributed by atoms with Crippen LogP contribution in [0.5, 0.6) is 5.88 Å². The zero-order valence-electron chi connectivity index (χ0n) is 19.7. The first-order valence-electron chi connectivity index (χ1n) is 11.1. The second kappa shape index (κ2) is 13.5. The maximum atomic E-state index is 12.1. The highest BCUT2D eigenvalue weighted by atomic mass is 32.2. The van der Waals surface area contributed by atoms with E-state index in [1.165, 1.54) is 35.9 Å². The number of nitrogens with zero attached hydrogens (tertiary/aromatic N) is 3. The van der Waals surface area contributed by atoms with Crippen LogP contribution < -0.4 is 10.1 Å². The molecular weight excluding hydrogens is 472 g/mol. The van der Waals surface area contributed by atoms with Crippen LogP contribution in [0.3, 0.4) is 0 Å². The average Bonchev–Trinajstić information content (AvgIpc) is 3.29. The molecule has 0 aromatic carbocycles. The van der Waals surface area contributed by atoms with Crippen LogP contribution in [0.15, 0.2) is 34.7 Å². The number of aryl methyl sites for hydroxylation is 1. The minimum atomic E-state index is 0.0901. The Bertz CT molecular complexity index is 1070. The van der Waals surface area contributed by atoms with Crippen molar-refractivity contribution in [1.29, 1.82) is 0 Å². The first kappa shape index (κ1) is 26.2. The highest BCUT2D eigenvalue weighted by Crippen LogP contribution is 2.26. The zero-order chi connectivity index (χ0) is 24.3. The van der Waals surface area contributed by atoms with Crippen molar-refractivity contribution in [1.82, 2.24) is 20.3 Å². The molecule has 0 bridgehead atoms. The summed E-state index contributed by atoms with van der Waals surface area (Å²) in [6.45, 7) is 3.24. The van der Waals surface area contributed by atoms with Crippen molar-refractivity contribution in [3.63, 3.8) is 0 Å². The fourth-order valence-corrected chi connectivity index (χ4v) is 4.63. The molecule has 1 saturated heterocycles. The number of Topliss-reactive ketones (excluding diaryl/α,β-unsaturated/α-hetero) is 1. The third-order valence-corrected chi connectivity index (χ3v) is 6.96. The van der Waals surface area contributed by atoms with Gasteiger partial charge in [-0.25, -0.2) is 15.0 Å². The molecule has 0 amide bonds. The number of carbonyl (C=O) groups is 2. The van der Waals surface area contributed by atoms with E-state index < -0.39 is 0 Å². The van der Waals surface area contributed by atoms with E-state index in [0.717, 1.165) is 35.7 Å². The quantitative estimate of drug-likeness (QED) is 0.222. The van der Waals surface area contributed by atoms with E-state index in [0.29, 0.717) is 34.6 Å². The maximum Gasteiger partial charge on any atom is 0.213 e. The number of thiophene rings is 1. The highest BCUT2D eigenvalue weighted by Gasteiger charge is 2.17. The molecule has 0 spiro atoms. The Morgan fingerprint density at radius 3 is 2.62 bits per heavy atom. The van der Waals surface area contributed by atoms with E-state index >= 15 is 0 Å². The lowest BCUT2D eigenvalue weighted by atomic mass is 10.2. The van der Waals surface area contributed by atoms with Crippen LogP contribution in [0.1, 0.15) is 34.8 Å². The number of aromatic nitrogens is 3. The number of thioether (sulfide) groups is 1. The van der Waals surface area contributed by atoms with Gasteiger partial charge in [0, 0.05) is 24.6 Å². The van der Waals surface area contributed by atoms with E-state index in [4.69, 9.17) is 9.47 Å². The van der Waals surface area contributed by atoms with Crippen molar-refractivity contribution in [3.8, 4) is 5.88 Å². The Morgan fingerprint density at radius 1 is 1.26 bits per heavy atom. The molecule has 2 fully saturated rings. The molecule has 3 aromatic rings. The molecule has 8 nitrogen and oxygen atoms in total. The van der Waals surface area contributed by atoms with Crippen molar-refractivity contribution in [3.05, 3.63) is 40.3 Å². The average molecular weight is 503 g/mol. The lowest BCUT2D eigenvalue weighted by molar-refractivity contribution is -0.111. The Hall–Kier alpha value is -2.40. The standard InChI is InChI=1S/C15H13N3O2S2.C5H8O2.C4H9N/c1-9-16-10-5-6-13(20-2)18-14(10)15(17-9)22-8-11(19)12-4-3-7-21-12;6-3-5-1-2-7-4-5;1-5-4-2-3-4/h3-7H,8H2,1-2H3;3,5H,1-2,4H2;4-5H,2-3H2,1H3. The van der Waals surface area contributed by atoms with Crippen LogP contribution in [0.2, 0.25) is 0 Å². The van der Waals surface area contributed by atoms with Gasteiger partial charge in [-0.15, -0.1) is 11.3 Å². The number of fused-ring (bicyclic) bond motifs is 1. The first-order chi connectivity index (χ1) is 16.5. The number of ketones is 1. The maximum absolute atomic E-state index is 12.1. The fourth-order valence-electron chi connectivity index (χ4n) is 2.97. The fraction of sp³-hybridized carbons (Fsp3) is 0.458. The van der Waals surface area contributed by atoms with Gasteiger partial charge in [0.15, 0.2) is 5.78 Å². The number of pyridine rings is 1. The van der Waals surface area contributed by atoms with Crippen molar-refractivity contribution in [2.24, 2.45) is 5.92 Å². The predicted molar refractivity (Wildman–Crippen MR) is 135 cm³/mol. The molecule has 4 heterocycles. The number of methoxy groups -OCH3 is 1. The number of hydrogen-bond acceptors (Lipinski definition) is 10. The van der Waals surface area contributed by atoms with E-state index in [2.05, 4.69) is 20.3 Å². The smallest absolute Gasteiger partial charge is 0.213 e. The summed E-state index contributed by atoms with van der Waals surface area (Å²) < 4.78 is 10.1. The first-order valence-corrected chi connectivity index (χ1v) is 13.0. The molecule has 2 aliphatic rings. The van der Waals surface area contributed by atoms with E-state index in [1.54, 1.807) is 13.2 Å². The highest BCUT2D eigenvalue weighted by molar-refractivity contribution is 8.00. The summed E-state index contributed by atoms with van der Waals surface area (Å²) in [5, 5.41) is 5.74. The summed E-state index contributed by atoms with van der Waals surface area (Å²) >= 11 is 2.83. The van der Waals surface area contributed by atoms with Crippen LogP contribution in [0.25, 0.3) is 11.0 Å². The summed E-state index contributed by atoms with van der Waals surface area (Å²) in [5.74, 6) is 1.77. The lowest BCUT2D eigenvalue weighted by Crippen LogP contribution is -2.06. The second-order valence-electron chi connectivity index (χ2n) is 7.81. The molecular formula is C24H30N4O4S2. The molecule has 10 heteroatoms. The van der Waals surface area contributed by atoms with E-state index in [9.17, 15) is 9.59 Å². The van der Waals surface area contributed by atoms with Crippen molar-refractivity contribution in [2.75, 3.05) is 33.1 Å². The SMILES string of the molecule is CNC1CC1.COc1ccc2nc(C)nc(SCC(=O)c3cccs3)c2n1.O=CC1CCOC1. The largest absolute Gasteiger partial charge is 0.481 e. The van der Waals surface area contributed by atoms with E-state index in [-0.39, 0.29) is 11.7 Å². The van der Waals surface area contributed by atoms with Crippen molar-refractivity contribution >= 4 is 46.2 Å². The van der Waals surface area contributed by atoms with Crippen LogP contribution in [-0.4, -0.2) is 66.2 Å². The van der Waals surface area contributed by atoms with Gasteiger partial charge in [-0.2, -0.15) is 0 Å². The van der Waals surface area contributed by atoms with Gasteiger partial charge in [0.2, 0.25) is 5.88 Å². The minimum absolute atomic E-state index is 0.0901. The van der Waals surface area contributed by atoms with Gasteiger partial charge in [-0.3, -0.25) is 4.79 Å². The number of carbonyl (C=O) groups excluding carboxylic acids is 2. The lowest BCUT2D eigenvalue weighted by Gasteiger charge is -2.06. The normalized spacial score (nSPS) is 16.7. The number of nitrogens with one attached hydrogen (secondary N) is 1. The molecule has 0 radical (unpaired) electrons. The van der Waals surface area contributed by atoms with Gasteiger partial charge in [0.25, 0.3) is 0 Å². The van der Waals surface area contributed by atoms with Crippen molar-refractivity contribution < 1.29 is 19.1 Å². The molecule has 1 unspecified atom stereocenters. The van der Waals surface area contributed by atoms with Gasteiger partial charge < -0.3 is 19.6 Å². The third kappa shape index (κ3) is 8.12. The zero-order valence-corrected chi connectivity index (χ0v) is 21.3. The summed E-state index contributed by atoms with van der Waals surface area (Å²) in [7, 11) is 3.58. The van der Waals surface area contributed by atoms with Gasteiger partial charge >= 0.3 is 0 Å². The van der Waals surface area contributed by atoms with Gasteiger partial charge in [-0.05, 0) is 50.7 Å². The van der Waals surface area contributed by atoms with Crippen LogP contribution in [0.4, 0.5) is 0 Å². The molecule has 182 valence electrons. The van der Waals surface area contributed by atoms with Gasteiger partial charge in [-0.1, -0.05) is 17.8 Å². The number of rotatable bonds is 7. The molecule has 5 rings (SSSR count). The number of aldehydes is 1. The molecule has 1 saturated carbocycles. The molecule has 1 atom stereocenters. The molecule has 1 aliphatic heterocycles. The number of hydrogen-bond donors (Lipinski definition) is 1. The van der Waals surface area contributed by atoms with Gasteiger partial charge in [0.1, 0.15) is 22.7 Å². The Labute approximate surface area is 207 Å². The second-order valence-corrected chi connectivity index (χ2v) is 9.72. The van der Waals surface area contributed by atoms with Crippen molar-refractivity contribution in [2.45, 2.75) is 37.3 Å². The predicted octanol–water partition coefficient (Wildman–Crippen LogP) is 3.97. The molecule has 1 aliphatic carbocycles. The molecule has 34 heavy (non-hydrogen) atoms.